The summed E-state index contributed by atoms with van der Waals surface area (Å²) in [5, 5.41) is 9.26. The highest BCUT2D eigenvalue weighted by Gasteiger charge is 2.57. The zero-order valence-corrected chi connectivity index (χ0v) is 7.29. The molecule has 0 aromatic rings. The first-order valence-corrected chi connectivity index (χ1v) is 4.02. The third-order valence-corrected chi connectivity index (χ3v) is 2.16. The number of hydrogen-bond donors (Lipinski definition) is 1. The molecule has 1 aliphatic rings. The van der Waals surface area contributed by atoms with Crippen LogP contribution in [0.3, 0.4) is 0 Å². The fourth-order valence-corrected chi connectivity index (χ4v) is 1.26. The summed E-state index contributed by atoms with van der Waals surface area (Å²) in [5.74, 6) is 0.0602. The van der Waals surface area contributed by atoms with Gasteiger partial charge in [-0.25, -0.2) is 0 Å². The lowest BCUT2D eigenvalue weighted by atomic mass is 10.2. The van der Waals surface area contributed by atoms with Crippen LogP contribution in [0, 0.1) is 0 Å². The van der Waals surface area contributed by atoms with Crippen LogP contribution in [0.1, 0.15) is 33.6 Å². The van der Waals surface area contributed by atoms with Crippen LogP contribution in [0.15, 0.2) is 0 Å². The Morgan fingerprint density at radius 2 is 2.09 bits per heavy atom. The Kier molecular flexibility index (Phi) is 1.92. The molecule has 1 aliphatic heterocycles. The first kappa shape index (κ1) is 8.53. The second kappa shape index (κ2) is 2.48. The molecule has 0 spiro atoms. The molecule has 1 atom stereocenters. The minimum atomic E-state index is -0.554. The Labute approximate surface area is 67.0 Å². The van der Waals surface area contributed by atoms with Gasteiger partial charge in [-0.3, -0.25) is 4.79 Å². The average Bonchev–Trinajstić information content (AvgIpc) is 2.34. The van der Waals surface area contributed by atoms with Crippen LogP contribution in [0.5, 0.6) is 0 Å². The molecule has 1 unspecified atom stereocenters. The van der Waals surface area contributed by atoms with E-state index in [1.54, 1.807) is 0 Å². The molecule has 3 nitrogen and oxygen atoms in total. The van der Waals surface area contributed by atoms with Crippen molar-refractivity contribution < 1.29 is 9.90 Å². The van der Waals surface area contributed by atoms with E-state index in [1.807, 2.05) is 20.8 Å². The van der Waals surface area contributed by atoms with Gasteiger partial charge in [0.05, 0.1) is 5.54 Å². The summed E-state index contributed by atoms with van der Waals surface area (Å²) in [4.78, 5) is 12.7. The van der Waals surface area contributed by atoms with Crippen LogP contribution in [-0.4, -0.2) is 27.7 Å². The Morgan fingerprint density at radius 1 is 1.64 bits per heavy atom. The summed E-state index contributed by atoms with van der Waals surface area (Å²) < 4.78 is 0. The van der Waals surface area contributed by atoms with Gasteiger partial charge in [-0.15, -0.1) is 0 Å². The number of carbonyl (C=O) groups is 1. The van der Waals surface area contributed by atoms with Gasteiger partial charge >= 0.3 is 0 Å². The fourth-order valence-electron chi connectivity index (χ4n) is 1.26. The van der Waals surface area contributed by atoms with E-state index in [1.165, 1.54) is 4.90 Å². The number of amides is 1. The molecular weight excluding hydrogens is 142 g/mol. The quantitative estimate of drug-likeness (QED) is 0.600. The summed E-state index contributed by atoms with van der Waals surface area (Å²) in [6.45, 7) is 5.69. The second-order valence-electron chi connectivity index (χ2n) is 3.54. The monoisotopic (exact) mass is 157 g/mol. The van der Waals surface area contributed by atoms with Gasteiger partial charge < -0.3 is 10.0 Å². The zero-order valence-electron chi connectivity index (χ0n) is 7.29. The predicted molar refractivity (Wildman–Crippen MR) is 41.8 cm³/mol. The van der Waals surface area contributed by atoms with Crippen LogP contribution in [0.2, 0.25) is 0 Å². The van der Waals surface area contributed by atoms with Gasteiger partial charge in [-0.2, -0.15) is 0 Å². The van der Waals surface area contributed by atoms with E-state index in [0.717, 1.165) is 6.42 Å². The number of rotatable bonds is 2. The fraction of sp³-hybridized carbons (Fsp3) is 0.875. The third-order valence-electron chi connectivity index (χ3n) is 2.16. The van der Waals surface area contributed by atoms with Crippen molar-refractivity contribution in [1.29, 1.82) is 0 Å². The number of carbonyl (C=O) groups excluding carboxylic acids is 1. The molecule has 1 fully saturated rings. The maximum Gasteiger partial charge on any atom is 0.225 e. The zero-order chi connectivity index (χ0) is 8.65. The predicted octanol–water partition coefficient (Wildman–Crippen LogP) is 0.726. The maximum atomic E-state index is 11.2. The molecule has 11 heavy (non-hydrogen) atoms. The molecular formula is C8H15NO2. The molecule has 0 bridgehead atoms. The van der Waals surface area contributed by atoms with Gasteiger partial charge in [-0.1, -0.05) is 6.92 Å². The van der Waals surface area contributed by atoms with Gasteiger partial charge in [0.2, 0.25) is 5.91 Å². The molecule has 64 valence electrons. The number of nitrogens with zero attached hydrogens (tertiary/aromatic N) is 1. The summed E-state index contributed by atoms with van der Waals surface area (Å²) >= 11 is 0. The summed E-state index contributed by atoms with van der Waals surface area (Å²) in [6.07, 6.45) is 0.833. The molecule has 1 rings (SSSR count). The number of aliphatic hydroxyl groups is 1. The van der Waals surface area contributed by atoms with Crippen LogP contribution in [0.25, 0.3) is 0 Å². The summed E-state index contributed by atoms with van der Waals surface area (Å²) in [5.41, 5.74) is -0.313. The van der Waals surface area contributed by atoms with Crippen LogP contribution < -0.4 is 0 Å². The minimum absolute atomic E-state index is 0.0602. The van der Waals surface area contributed by atoms with Gasteiger partial charge in [0.1, 0.15) is 0 Å². The Bertz CT molecular complexity index is 177. The van der Waals surface area contributed by atoms with Gasteiger partial charge in [0, 0.05) is 6.42 Å². The molecule has 1 amide bonds. The number of aliphatic hydroxyl groups excluding tert-OH is 1. The van der Waals surface area contributed by atoms with E-state index >= 15 is 0 Å². The van der Waals surface area contributed by atoms with E-state index < -0.39 is 6.23 Å². The average molecular weight is 157 g/mol. The summed E-state index contributed by atoms with van der Waals surface area (Å²) in [7, 11) is 0. The Balaban J connectivity index is 2.47. The first-order chi connectivity index (χ1) is 5.01. The molecule has 3 heteroatoms. The second-order valence-corrected chi connectivity index (χ2v) is 3.54. The Hall–Kier alpha value is -0.570. The summed E-state index contributed by atoms with van der Waals surface area (Å²) in [6, 6.07) is 0. The van der Waals surface area contributed by atoms with E-state index in [0.29, 0.717) is 6.42 Å². The standard InChI is InChI=1S/C8H15NO2/c1-4-5-6(10)9-7(11)8(9,2)3/h7,11H,4-5H2,1-3H3. The van der Waals surface area contributed by atoms with E-state index in [2.05, 4.69) is 0 Å². The highest BCUT2D eigenvalue weighted by atomic mass is 16.3. The normalized spacial score (nSPS) is 26.9. The van der Waals surface area contributed by atoms with Gasteiger partial charge in [0.25, 0.3) is 0 Å². The van der Waals surface area contributed by atoms with Crippen molar-refractivity contribution >= 4 is 5.91 Å². The van der Waals surface area contributed by atoms with Crippen molar-refractivity contribution in [2.24, 2.45) is 0 Å². The molecule has 0 radical (unpaired) electrons. The molecule has 1 heterocycles. The third kappa shape index (κ3) is 1.25. The number of hydrogen-bond acceptors (Lipinski definition) is 2. The van der Waals surface area contributed by atoms with E-state index in [4.69, 9.17) is 0 Å². The van der Waals surface area contributed by atoms with Crippen LogP contribution in [0.4, 0.5) is 0 Å². The van der Waals surface area contributed by atoms with Crippen molar-refractivity contribution in [2.45, 2.75) is 45.4 Å². The topological polar surface area (TPSA) is 40.3 Å². The maximum absolute atomic E-state index is 11.2. The van der Waals surface area contributed by atoms with E-state index in [-0.39, 0.29) is 11.4 Å². The van der Waals surface area contributed by atoms with Crippen molar-refractivity contribution in [2.75, 3.05) is 0 Å². The highest BCUT2D eigenvalue weighted by molar-refractivity contribution is 5.80. The highest BCUT2D eigenvalue weighted by Crippen LogP contribution is 2.38. The van der Waals surface area contributed by atoms with Gasteiger partial charge in [-0.05, 0) is 20.3 Å². The lowest BCUT2D eigenvalue weighted by molar-refractivity contribution is -0.128. The Morgan fingerprint density at radius 3 is 2.36 bits per heavy atom. The SMILES string of the molecule is CCCC(=O)N1C(O)C1(C)C. The largest absolute Gasteiger partial charge is 0.371 e. The lowest BCUT2D eigenvalue weighted by Crippen LogP contribution is -2.17. The first-order valence-electron chi connectivity index (χ1n) is 4.02. The van der Waals surface area contributed by atoms with Crippen LogP contribution in [-0.2, 0) is 4.79 Å². The van der Waals surface area contributed by atoms with Crippen molar-refractivity contribution in [3.63, 3.8) is 0 Å². The molecule has 0 saturated carbocycles. The minimum Gasteiger partial charge on any atom is -0.371 e. The van der Waals surface area contributed by atoms with Crippen molar-refractivity contribution in [3.05, 3.63) is 0 Å². The molecule has 0 aromatic heterocycles. The van der Waals surface area contributed by atoms with Crippen LogP contribution >= 0.6 is 0 Å². The lowest BCUT2D eigenvalue weighted by Gasteiger charge is -2.03. The molecule has 1 N–H and O–H groups in total. The molecule has 0 aromatic carbocycles. The molecule has 0 aliphatic carbocycles. The van der Waals surface area contributed by atoms with Crippen molar-refractivity contribution in [3.8, 4) is 0 Å². The van der Waals surface area contributed by atoms with Gasteiger partial charge in [0.15, 0.2) is 6.23 Å². The smallest absolute Gasteiger partial charge is 0.225 e. The molecule has 1 saturated heterocycles. The van der Waals surface area contributed by atoms with Crippen molar-refractivity contribution in [1.82, 2.24) is 4.90 Å². The van der Waals surface area contributed by atoms with E-state index in [9.17, 15) is 9.90 Å².